The second-order valence-corrected chi connectivity index (χ2v) is 4.02. The molecule has 0 aromatic carbocycles. The van der Waals surface area contributed by atoms with Crippen LogP contribution in [0, 0.1) is 0 Å². The minimum absolute atomic E-state index is 0.0744. The van der Waals surface area contributed by atoms with Gasteiger partial charge in [0.05, 0.1) is 6.04 Å². The molecule has 0 saturated carbocycles. The lowest BCUT2D eigenvalue weighted by molar-refractivity contribution is -0.135. The van der Waals surface area contributed by atoms with E-state index in [1.54, 1.807) is 0 Å². The molecule has 1 aliphatic heterocycles. The van der Waals surface area contributed by atoms with E-state index in [9.17, 15) is 4.79 Å². The van der Waals surface area contributed by atoms with Crippen molar-refractivity contribution in [1.29, 1.82) is 0 Å². The van der Waals surface area contributed by atoms with Crippen molar-refractivity contribution >= 4 is 5.91 Å². The zero-order valence-electron chi connectivity index (χ0n) is 9.38. The topological polar surface area (TPSA) is 32.3 Å². The van der Waals surface area contributed by atoms with Crippen LogP contribution >= 0.6 is 0 Å². The van der Waals surface area contributed by atoms with E-state index in [4.69, 9.17) is 0 Å². The lowest BCUT2D eigenvalue weighted by Gasteiger charge is -2.32. The van der Waals surface area contributed by atoms with Crippen LogP contribution in [0.2, 0.25) is 0 Å². The van der Waals surface area contributed by atoms with Gasteiger partial charge in [-0.15, -0.1) is 0 Å². The first-order chi connectivity index (χ1) is 6.79. The molecule has 0 aliphatic carbocycles. The van der Waals surface area contributed by atoms with E-state index in [1.807, 2.05) is 11.9 Å². The van der Waals surface area contributed by atoms with Crippen LogP contribution in [0.1, 0.15) is 39.0 Å². The molecule has 1 heterocycles. The number of rotatable bonds is 5. The molecule has 0 bridgehead atoms. The minimum Gasteiger partial charge on any atom is -0.341 e. The number of piperidine rings is 1. The molecule has 0 aromatic rings. The summed E-state index contributed by atoms with van der Waals surface area (Å²) in [5.74, 6) is 0.301. The van der Waals surface area contributed by atoms with Crippen molar-refractivity contribution in [2.24, 2.45) is 0 Å². The van der Waals surface area contributed by atoms with Gasteiger partial charge in [0.15, 0.2) is 0 Å². The third-order valence-corrected chi connectivity index (χ3v) is 2.91. The normalized spacial score (nSPS) is 22.9. The standard InChI is InChI=1S/C11H22N2O/c1-3-4-5-8-13-9-6-7-10(12-2)11(13)14/h10,12H,3-9H2,1-2H3. The Morgan fingerprint density at radius 3 is 2.93 bits per heavy atom. The molecule has 3 heteroatoms. The van der Waals surface area contributed by atoms with Crippen LogP contribution in [0.5, 0.6) is 0 Å². The van der Waals surface area contributed by atoms with Gasteiger partial charge in [-0.25, -0.2) is 0 Å². The average Bonchev–Trinajstić information content (AvgIpc) is 2.21. The summed E-state index contributed by atoms with van der Waals surface area (Å²) in [6.07, 6.45) is 5.74. The lowest BCUT2D eigenvalue weighted by atomic mass is 10.0. The Labute approximate surface area is 86.9 Å². The largest absolute Gasteiger partial charge is 0.341 e. The maximum atomic E-state index is 11.8. The van der Waals surface area contributed by atoms with Gasteiger partial charge in [-0.3, -0.25) is 4.79 Å². The smallest absolute Gasteiger partial charge is 0.239 e. The van der Waals surface area contributed by atoms with Crippen LogP contribution in [-0.4, -0.2) is 37.0 Å². The summed E-state index contributed by atoms with van der Waals surface area (Å²) < 4.78 is 0. The van der Waals surface area contributed by atoms with Gasteiger partial charge in [-0.2, -0.15) is 0 Å². The zero-order valence-corrected chi connectivity index (χ0v) is 9.38. The molecule has 1 atom stereocenters. The number of unbranched alkanes of at least 4 members (excludes halogenated alkanes) is 2. The van der Waals surface area contributed by atoms with E-state index < -0.39 is 0 Å². The molecule has 0 aromatic heterocycles. The number of carbonyl (C=O) groups is 1. The van der Waals surface area contributed by atoms with Crippen LogP contribution in [0.25, 0.3) is 0 Å². The Morgan fingerprint density at radius 1 is 1.50 bits per heavy atom. The summed E-state index contributed by atoms with van der Waals surface area (Å²) in [6.45, 7) is 4.10. The van der Waals surface area contributed by atoms with E-state index in [2.05, 4.69) is 12.2 Å². The molecular formula is C11H22N2O. The number of nitrogens with one attached hydrogen (secondary N) is 1. The van der Waals surface area contributed by atoms with Crippen molar-refractivity contribution in [3.8, 4) is 0 Å². The van der Waals surface area contributed by atoms with Crippen molar-refractivity contribution in [2.45, 2.75) is 45.1 Å². The fourth-order valence-electron chi connectivity index (χ4n) is 1.98. The van der Waals surface area contributed by atoms with Crippen molar-refractivity contribution in [1.82, 2.24) is 10.2 Å². The Balaban J connectivity index is 2.32. The third kappa shape index (κ3) is 2.98. The average molecular weight is 198 g/mol. The van der Waals surface area contributed by atoms with Gasteiger partial charge in [0.1, 0.15) is 0 Å². The fourth-order valence-corrected chi connectivity index (χ4v) is 1.98. The van der Waals surface area contributed by atoms with E-state index in [0.717, 1.165) is 32.4 Å². The number of amides is 1. The quantitative estimate of drug-likeness (QED) is 0.677. The van der Waals surface area contributed by atoms with Crippen molar-refractivity contribution in [2.75, 3.05) is 20.1 Å². The summed E-state index contributed by atoms with van der Waals surface area (Å²) in [6, 6.07) is 0.0744. The first-order valence-corrected chi connectivity index (χ1v) is 5.75. The number of likely N-dealkylation sites (tertiary alicyclic amines) is 1. The number of hydrogen-bond donors (Lipinski definition) is 1. The molecule has 82 valence electrons. The number of hydrogen-bond acceptors (Lipinski definition) is 2. The van der Waals surface area contributed by atoms with Crippen LogP contribution in [0.4, 0.5) is 0 Å². The minimum atomic E-state index is 0.0744. The summed E-state index contributed by atoms with van der Waals surface area (Å²) in [5, 5.41) is 3.08. The second kappa shape index (κ2) is 6.02. The number of likely N-dealkylation sites (N-methyl/N-ethyl adjacent to an activating group) is 1. The summed E-state index contributed by atoms with van der Waals surface area (Å²) in [4.78, 5) is 13.8. The Bertz CT molecular complexity index is 182. The van der Waals surface area contributed by atoms with Gasteiger partial charge in [-0.1, -0.05) is 19.8 Å². The van der Waals surface area contributed by atoms with Crippen LogP contribution in [0.15, 0.2) is 0 Å². The molecule has 1 N–H and O–H groups in total. The zero-order chi connectivity index (χ0) is 10.4. The van der Waals surface area contributed by atoms with Gasteiger partial charge in [0.2, 0.25) is 5.91 Å². The summed E-state index contributed by atoms with van der Waals surface area (Å²) in [5.41, 5.74) is 0. The maximum Gasteiger partial charge on any atom is 0.239 e. The van der Waals surface area contributed by atoms with Crippen LogP contribution in [0.3, 0.4) is 0 Å². The number of nitrogens with zero attached hydrogens (tertiary/aromatic N) is 1. The Kier molecular flexibility index (Phi) is 4.94. The monoisotopic (exact) mass is 198 g/mol. The molecule has 1 saturated heterocycles. The maximum absolute atomic E-state index is 11.8. The third-order valence-electron chi connectivity index (χ3n) is 2.91. The van der Waals surface area contributed by atoms with Gasteiger partial charge < -0.3 is 10.2 Å². The predicted molar refractivity (Wildman–Crippen MR) is 58.2 cm³/mol. The molecule has 1 fully saturated rings. The SMILES string of the molecule is CCCCCN1CCCC(NC)C1=O. The van der Waals surface area contributed by atoms with Gasteiger partial charge in [-0.05, 0) is 26.3 Å². The van der Waals surface area contributed by atoms with Crippen LogP contribution in [-0.2, 0) is 4.79 Å². The van der Waals surface area contributed by atoms with Gasteiger partial charge in [0.25, 0.3) is 0 Å². The Morgan fingerprint density at radius 2 is 2.29 bits per heavy atom. The molecule has 14 heavy (non-hydrogen) atoms. The van der Waals surface area contributed by atoms with E-state index >= 15 is 0 Å². The van der Waals surface area contributed by atoms with Crippen LogP contribution < -0.4 is 5.32 Å². The molecule has 1 aliphatic rings. The second-order valence-electron chi connectivity index (χ2n) is 4.02. The first-order valence-electron chi connectivity index (χ1n) is 5.75. The molecule has 0 radical (unpaired) electrons. The lowest BCUT2D eigenvalue weighted by Crippen LogP contribution is -2.49. The first kappa shape index (κ1) is 11.5. The Hall–Kier alpha value is -0.570. The fraction of sp³-hybridized carbons (Fsp3) is 0.909. The highest BCUT2D eigenvalue weighted by Gasteiger charge is 2.26. The molecule has 1 unspecified atom stereocenters. The summed E-state index contributed by atoms with van der Waals surface area (Å²) in [7, 11) is 1.87. The highest BCUT2D eigenvalue weighted by molar-refractivity contribution is 5.82. The molecule has 1 rings (SSSR count). The van der Waals surface area contributed by atoms with Gasteiger partial charge >= 0.3 is 0 Å². The van der Waals surface area contributed by atoms with Gasteiger partial charge in [0, 0.05) is 13.1 Å². The molecule has 1 amide bonds. The summed E-state index contributed by atoms with van der Waals surface area (Å²) >= 11 is 0. The van der Waals surface area contributed by atoms with E-state index in [1.165, 1.54) is 12.8 Å². The number of carbonyl (C=O) groups excluding carboxylic acids is 1. The highest BCUT2D eigenvalue weighted by Crippen LogP contribution is 2.12. The molecule has 3 nitrogen and oxygen atoms in total. The van der Waals surface area contributed by atoms with Crippen molar-refractivity contribution < 1.29 is 4.79 Å². The van der Waals surface area contributed by atoms with Crippen molar-refractivity contribution in [3.05, 3.63) is 0 Å². The van der Waals surface area contributed by atoms with E-state index in [0.29, 0.717) is 5.91 Å². The predicted octanol–water partition coefficient (Wildman–Crippen LogP) is 1.39. The molecule has 0 spiro atoms. The van der Waals surface area contributed by atoms with Crippen molar-refractivity contribution in [3.63, 3.8) is 0 Å². The molecular weight excluding hydrogens is 176 g/mol. The van der Waals surface area contributed by atoms with E-state index in [-0.39, 0.29) is 6.04 Å². The highest BCUT2D eigenvalue weighted by atomic mass is 16.2.